The first kappa shape index (κ1) is 8.32. The molecule has 1 heterocycles. The molecular formula is C10H9ClN2. The van der Waals surface area contributed by atoms with E-state index in [4.69, 9.17) is 11.6 Å². The van der Waals surface area contributed by atoms with Gasteiger partial charge in [-0.1, -0.05) is 23.7 Å². The molecule has 2 rings (SSSR count). The van der Waals surface area contributed by atoms with E-state index in [1.165, 1.54) is 0 Å². The third kappa shape index (κ3) is 1.58. The molecule has 1 aromatic heterocycles. The molecule has 0 radical (unpaired) electrons. The summed E-state index contributed by atoms with van der Waals surface area (Å²) in [4.78, 5) is 4.23. The van der Waals surface area contributed by atoms with Crippen molar-refractivity contribution >= 4 is 11.6 Å². The van der Waals surface area contributed by atoms with Crippen molar-refractivity contribution in [1.82, 2.24) is 9.55 Å². The second-order valence-corrected chi connectivity index (χ2v) is 3.31. The van der Waals surface area contributed by atoms with E-state index < -0.39 is 0 Å². The normalized spacial score (nSPS) is 10.3. The highest BCUT2D eigenvalue weighted by Gasteiger charge is 2.02. The highest BCUT2D eigenvalue weighted by molar-refractivity contribution is 6.30. The zero-order valence-corrected chi connectivity index (χ0v) is 7.99. The Labute approximate surface area is 81.8 Å². The van der Waals surface area contributed by atoms with Crippen molar-refractivity contribution in [2.45, 2.75) is 0 Å². The van der Waals surface area contributed by atoms with Crippen LogP contribution in [-0.4, -0.2) is 9.55 Å². The molecule has 0 saturated carbocycles. The van der Waals surface area contributed by atoms with Crippen LogP contribution in [0.5, 0.6) is 0 Å². The topological polar surface area (TPSA) is 17.8 Å². The van der Waals surface area contributed by atoms with Crippen molar-refractivity contribution in [1.29, 1.82) is 0 Å². The van der Waals surface area contributed by atoms with Crippen LogP contribution in [0.15, 0.2) is 36.7 Å². The zero-order valence-electron chi connectivity index (χ0n) is 7.24. The molecule has 2 aromatic rings. The molecule has 0 fully saturated rings. The maximum atomic E-state index is 5.88. The highest BCUT2D eigenvalue weighted by atomic mass is 35.5. The van der Waals surface area contributed by atoms with Gasteiger partial charge in [-0.25, -0.2) is 4.98 Å². The number of nitrogens with zero attached hydrogens (tertiary/aromatic N) is 2. The van der Waals surface area contributed by atoms with E-state index in [9.17, 15) is 0 Å². The summed E-state index contributed by atoms with van der Waals surface area (Å²) >= 11 is 5.88. The summed E-state index contributed by atoms with van der Waals surface area (Å²) in [5, 5.41) is 0.737. The number of hydrogen-bond acceptors (Lipinski definition) is 1. The minimum Gasteiger partial charge on any atom is -0.334 e. The molecule has 1 aromatic carbocycles. The van der Waals surface area contributed by atoms with E-state index in [0.717, 1.165) is 16.4 Å². The Morgan fingerprint density at radius 1 is 1.38 bits per heavy atom. The van der Waals surface area contributed by atoms with Crippen LogP contribution in [0.2, 0.25) is 5.02 Å². The van der Waals surface area contributed by atoms with Crippen LogP contribution in [-0.2, 0) is 7.05 Å². The first-order chi connectivity index (χ1) is 6.27. The minimum absolute atomic E-state index is 0.737. The smallest absolute Gasteiger partial charge is 0.139 e. The lowest BCUT2D eigenvalue weighted by molar-refractivity contribution is 0.925. The minimum atomic E-state index is 0.737. The number of benzene rings is 1. The Balaban J connectivity index is 2.53. The van der Waals surface area contributed by atoms with Gasteiger partial charge in [0.1, 0.15) is 5.82 Å². The van der Waals surface area contributed by atoms with Crippen LogP contribution in [0.3, 0.4) is 0 Å². The monoisotopic (exact) mass is 192 g/mol. The number of rotatable bonds is 1. The summed E-state index contributed by atoms with van der Waals surface area (Å²) in [5.74, 6) is 0.933. The maximum absolute atomic E-state index is 5.88. The van der Waals surface area contributed by atoms with Crippen LogP contribution in [0.4, 0.5) is 0 Å². The van der Waals surface area contributed by atoms with Gasteiger partial charge in [-0.3, -0.25) is 0 Å². The van der Waals surface area contributed by atoms with E-state index in [-0.39, 0.29) is 0 Å². The molecule has 0 amide bonds. The quantitative estimate of drug-likeness (QED) is 0.680. The van der Waals surface area contributed by atoms with Gasteiger partial charge in [-0.05, 0) is 12.1 Å². The summed E-state index contributed by atoms with van der Waals surface area (Å²) in [6.45, 7) is 0. The molecule has 13 heavy (non-hydrogen) atoms. The van der Waals surface area contributed by atoms with Crippen molar-refractivity contribution in [3.63, 3.8) is 0 Å². The molecule has 3 heteroatoms. The number of hydrogen-bond donors (Lipinski definition) is 0. The Kier molecular flexibility index (Phi) is 2.07. The summed E-state index contributed by atoms with van der Waals surface area (Å²) in [5.41, 5.74) is 1.04. The van der Waals surface area contributed by atoms with Gasteiger partial charge < -0.3 is 4.57 Å². The number of aromatic nitrogens is 2. The molecule has 0 spiro atoms. The molecule has 0 aliphatic carbocycles. The second kappa shape index (κ2) is 3.23. The molecule has 0 aliphatic heterocycles. The summed E-state index contributed by atoms with van der Waals surface area (Å²) in [6.07, 6.45) is 3.69. The average molecular weight is 193 g/mol. The third-order valence-electron chi connectivity index (χ3n) is 1.90. The molecule has 0 saturated heterocycles. The largest absolute Gasteiger partial charge is 0.334 e. The van der Waals surface area contributed by atoms with Crippen molar-refractivity contribution in [3.05, 3.63) is 41.7 Å². The molecule has 0 aliphatic rings. The van der Waals surface area contributed by atoms with Crippen molar-refractivity contribution in [2.75, 3.05) is 0 Å². The van der Waals surface area contributed by atoms with Crippen molar-refractivity contribution in [3.8, 4) is 11.4 Å². The van der Waals surface area contributed by atoms with Gasteiger partial charge >= 0.3 is 0 Å². The van der Waals surface area contributed by atoms with Gasteiger partial charge in [-0.15, -0.1) is 0 Å². The van der Waals surface area contributed by atoms with Gasteiger partial charge in [0.05, 0.1) is 0 Å². The first-order valence-electron chi connectivity index (χ1n) is 4.00. The predicted octanol–water partition coefficient (Wildman–Crippen LogP) is 2.74. The van der Waals surface area contributed by atoms with E-state index in [1.807, 2.05) is 42.1 Å². The Bertz CT molecular complexity index is 420. The van der Waals surface area contributed by atoms with Gasteiger partial charge in [0.2, 0.25) is 0 Å². The maximum Gasteiger partial charge on any atom is 0.139 e. The van der Waals surface area contributed by atoms with Gasteiger partial charge in [0, 0.05) is 30.0 Å². The number of imidazole rings is 1. The lowest BCUT2D eigenvalue weighted by Crippen LogP contribution is -1.90. The van der Waals surface area contributed by atoms with Gasteiger partial charge in [-0.2, -0.15) is 0 Å². The lowest BCUT2D eigenvalue weighted by Gasteiger charge is -2.01. The Morgan fingerprint density at radius 2 is 2.23 bits per heavy atom. The van der Waals surface area contributed by atoms with Gasteiger partial charge in [0.25, 0.3) is 0 Å². The number of aryl methyl sites for hydroxylation is 1. The van der Waals surface area contributed by atoms with Crippen LogP contribution >= 0.6 is 11.6 Å². The molecule has 0 N–H and O–H groups in total. The molecular weight excluding hydrogens is 184 g/mol. The average Bonchev–Trinajstić information content (AvgIpc) is 2.51. The van der Waals surface area contributed by atoms with Gasteiger partial charge in [0.15, 0.2) is 0 Å². The van der Waals surface area contributed by atoms with Crippen LogP contribution in [0.1, 0.15) is 0 Å². The van der Waals surface area contributed by atoms with Crippen LogP contribution in [0.25, 0.3) is 11.4 Å². The fourth-order valence-corrected chi connectivity index (χ4v) is 1.46. The third-order valence-corrected chi connectivity index (χ3v) is 2.14. The van der Waals surface area contributed by atoms with E-state index in [1.54, 1.807) is 6.20 Å². The predicted molar refractivity (Wildman–Crippen MR) is 53.7 cm³/mol. The standard InChI is InChI=1S/C10H9ClN2/c1-13-6-5-12-10(13)8-3-2-4-9(11)7-8/h2-7H,1H3. The molecule has 0 unspecified atom stereocenters. The second-order valence-electron chi connectivity index (χ2n) is 2.87. The van der Waals surface area contributed by atoms with E-state index in [2.05, 4.69) is 4.98 Å². The summed E-state index contributed by atoms with van der Waals surface area (Å²) in [6, 6.07) is 7.68. The van der Waals surface area contributed by atoms with Crippen molar-refractivity contribution < 1.29 is 0 Å². The summed E-state index contributed by atoms with van der Waals surface area (Å²) < 4.78 is 1.96. The van der Waals surface area contributed by atoms with E-state index in [0.29, 0.717) is 0 Å². The Morgan fingerprint density at radius 3 is 2.85 bits per heavy atom. The SMILES string of the molecule is Cn1ccnc1-c1cccc(Cl)c1. The lowest BCUT2D eigenvalue weighted by atomic mass is 10.2. The Hall–Kier alpha value is -1.28. The molecule has 66 valence electrons. The van der Waals surface area contributed by atoms with Crippen LogP contribution < -0.4 is 0 Å². The fourth-order valence-electron chi connectivity index (χ4n) is 1.27. The van der Waals surface area contributed by atoms with Crippen molar-refractivity contribution in [2.24, 2.45) is 7.05 Å². The fraction of sp³-hybridized carbons (Fsp3) is 0.100. The van der Waals surface area contributed by atoms with Crippen LogP contribution in [0, 0.1) is 0 Å². The highest BCUT2D eigenvalue weighted by Crippen LogP contribution is 2.20. The van der Waals surface area contributed by atoms with E-state index >= 15 is 0 Å². The summed E-state index contributed by atoms with van der Waals surface area (Å²) in [7, 11) is 1.96. The first-order valence-corrected chi connectivity index (χ1v) is 4.38. The number of halogens is 1. The molecule has 0 bridgehead atoms. The zero-order chi connectivity index (χ0) is 9.26. The molecule has 0 atom stereocenters. The molecule has 2 nitrogen and oxygen atoms in total.